The van der Waals surface area contributed by atoms with Gasteiger partial charge in [0, 0.05) is 23.8 Å². The highest BCUT2D eigenvalue weighted by Crippen LogP contribution is 2.25. The fourth-order valence-electron chi connectivity index (χ4n) is 0.784. The lowest BCUT2D eigenvalue weighted by atomic mass is 10.2. The van der Waals surface area contributed by atoms with Crippen LogP contribution < -0.4 is 0 Å². The number of hydrogen-bond donors (Lipinski definition) is 0. The Morgan fingerprint density at radius 1 is 1.43 bits per heavy atom. The number of alkyl halides is 2. The molecule has 3 nitrogen and oxygen atoms in total. The topological polar surface area (TPSA) is 47.0 Å². The zero-order valence-electron chi connectivity index (χ0n) is 7.04. The van der Waals surface area contributed by atoms with Crippen LogP contribution in [0.25, 0.3) is 0 Å². The van der Waals surface area contributed by atoms with Crippen molar-refractivity contribution in [3.05, 3.63) is 24.0 Å². The molecular formula is C7H6ClF2NO2S. The third kappa shape index (κ3) is 2.62. The van der Waals surface area contributed by atoms with E-state index in [0.29, 0.717) is 6.92 Å². The van der Waals surface area contributed by atoms with Gasteiger partial charge in [0.15, 0.2) is 0 Å². The first-order chi connectivity index (χ1) is 6.21. The van der Waals surface area contributed by atoms with Crippen molar-refractivity contribution in [1.82, 2.24) is 4.98 Å². The first-order valence-electron chi connectivity index (χ1n) is 3.50. The van der Waals surface area contributed by atoms with Crippen LogP contribution in [0, 0.1) is 0 Å². The molecule has 1 aromatic heterocycles. The maximum absolute atomic E-state index is 12.6. The summed E-state index contributed by atoms with van der Waals surface area (Å²) in [5, 5.41) is 0. The Bertz CT molecular complexity index is 424. The van der Waals surface area contributed by atoms with Gasteiger partial charge in [-0.05, 0) is 12.1 Å². The van der Waals surface area contributed by atoms with Crippen molar-refractivity contribution >= 4 is 19.7 Å². The molecule has 0 saturated carbocycles. The molecular weight excluding hydrogens is 236 g/mol. The van der Waals surface area contributed by atoms with E-state index < -0.39 is 20.7 Å². The van der Waals surface area contributed by atoms with Gasteiger partial charge in [0.05, 0.1) is 0 Å². The molecule has 0 aliphatic carbocycles. The largest absolute Gasteiger partial charge is 0.286 e. The third-order valence-corrected chi connectivity index (χ3v) is 2.81. The SMILES string of the molecule is CC(F)(F)c1ccc(S(=O)(=O)Cl)cn1. The second-order valence-corrected chi connectivity index (χ2v) is 5.27. The van der Waals surface area contributed by atoms with Crippen molar-refractivity contribution in [3.63, 3.8) is 0 Å². The van der Waals surface area contributed by atoms with Crippen LogP contribution in [-0.2, 0) is 15.0 Å². The lowest BCUT2D eigenvalue weighted by molar-refractivity contribution is 0.0126. The summed E-state index contributed by atoms with van der Waals surface area (Å²) in [5.74, 6) is -3.09. The molecule has 0 saturated heterocycles. The number of rotatable bonds is 2. The van der Waals surface area contributed by atoms with E-state index in [1.54, 1.807) is 0 Å². The maximum atomic E-state index is 12.6. The van der Waals surface area contributed by atoms with Crippen molar-refractivity contribution in [3.8, 4) is 0 Å². The monoisotopic (exact) mass is 241 g/mol. The quantitative estimate of drug-likeness (QED) is 0.745. The van der Waals surface area contributed by atoms with Crippen LogP contribution >= 0.6 is 10.7 Å². The fraction of sp³-hybridized carbons (Fsp3) is 0.286. The molecule has 0 bridgehead atoms. The zero-order valence-corrected chi connectivity index (χ0v) is 8.61. The molecule has 0 atom stereocenters. The van der Waals surface area contributed by atoms with Crippen molar-refractivity contribution in [1.29, 1.82) is 0 Å². The molecule has 0 aliphatic heterocycles. The molecule has 0 radical (unpaired) electrons. The van der Waals surface area contributed by atoms with Crippen LogP contribution in [0.15, 0.2) is 23.2 Å². The third-order valence-electron chi connectivity index (χ3n) is 1.47. The molecule has 1 aromatic rings. The normalized spacial score (nSPS) is 12.9. The fourth-order valence-corrected chi connectivity index (χ4v) is 1.47. The zero-order chi connectivity index (χ0) is 11.0. The maximum Gasteiger partial charge on any atom is 0.286 e. The Balaban J connectivity index is 3.14. The summed E-state index contributed by atoms with van der Waals surface area (Å²) in [7, 11) is 1.07. The Morgan fingerprint density at radius 3 is 2.29 bits per heavy atom. The Hall–Kier alpha value is -0.750. The average Bonchev–Trinajstić information content (AvgIpc) is 2.01. The lowest BCUT2D eigenvalue weighted by Gasteiger charge is -2.08. The molecule has 0 fully saturated rings. The van der Waals surface area contributed by atoms with Crippen molar-refractivity contribution in [2.45, 2.75) is 17.7 Å². The van der Waals surface area contributed by atoms with Gasteiger partial charge in [-0.2, -0.15) is 8.78 Å². The predicted octanol–water partition coefficient (Wildman–Crippen LogP) is 2.12. The summed E-state index contributed by atoms with van der Waals surface area (Å²) in [5.41, 5.74) is -0.499. The number of hydrogen-bond acceptors (Lipinski definition) is 3. The van der Waals surface area contributed by atoms with Crippen LogP contribution in [0.2, 0.25) is 0 Å². The Morgan fingerprint density at radius 2 is 2.00 bits per heavy atom. The average molecular weight is 242 g/mol. The van der Waals surface area contributed by atoms with E-state index in [1.165, 1.54) is 0 Å². The van der Waals surface area contributed by atoms with Gasteiger partial charge >= 0.3 is 0 Å². The minimum absolute atomic E-state index is 0.299. The number of aromatic nitrogens is 1. The molecule has 0 amide bonds. The standard InChI is InChI=1S/C7H6ClF2NO2S/c1-7(9,10)6-3-2-5(4-11-6)14(8,12)13/h2-4H,1H3. The molecule has 0 aliphatic rings. The van der Waals surface area contributed by atoms with Gasteiger partial charge < -0.3 is 0 Å². The summed E-state index contributed by atoms with van der Waals surface area (Å²) >= 11 is 0. The highest BCUT2D eigenvalue weighted by Gasteiger charge is 2.26. The second kappa shape index (κ2) is 3.43. The second-order valence-electron chi connectivity index (χ2n) is 2.71. The Labute approximate surface area is 84.1 Å². The van der Waals surface area contributed by atoms with E-state index in [-0.39, 0.29) is 4.90 Å². The summed E-state index contributed by atoms with van der Waals surface area (Å²) in [4.78, 5) is 3.00. The highest BCUT2D eigenvalue weighted by molar-refractivity contribution is 8.13. The van der Waals surface area contributed by atoms with Crippen LogP contribution in [-0.4, -0.2) is 13.4 Å². The van der Waals surface area contributed by atoms with Gasteiger partial charge in [0.1, 0.15) is 10.6 Å². The predicted molar refractivity (Wildman–Crippen MR) is 46.8 cm³/mol. The molecule has 0 N–H and O–H groups in total. The summed E-state index contributed by atoms with van der Waals surface area (Å²) in [6.07, 6.45) is 0.801. The van der Waals surface area contributed by atoms with Crippen LogP contribution in [0.3, 0.4) is 0 Å². The Kier molecular flexibility index (Phi) is 2.78. The van der Waals surface area contributed by atoms with Crippen LogP contribution in [0.4, 0.5) is 8.78 Å². The van der Waals surface area contributed by atoms with E-state index in [4.69, 9.17) is 10.7 Å². The summed E-state index contributed by atoms with van der Waals surface area (Å²) in [6, 6.07) is 1.91. The van der Waals surface area contributed by atoms with E-state index >= 15 is 0 Å². The van der Waals surface area contributed by atoms with E-state index in [2.05, 4.69) is 4.98 Å². The first-order valence-corrected chi connectivity index (χ1v) is 5.81. The van der Waals surface area contributed by atoms with E-state index in [0.717, 1.165) is 18.3 Å². The number of pyridine rings is 1. The van der Waals surface area contributed by atoms with Gasteiger partial charge in [0.25, 0.3) is 15.0 Å². The summed E-state index contributed by atoms with van der Waals surface area (Å²) in [6.45, 7) is 0.671. The van der Waals surface area contributed by atoms with Gasteiger partial charge in [-0.15, -0.1) is 0 Å². The molecule has 1 rings (SSSR count). The summed E-state index contributed by atoms with van der Waals surface area (Å²) < 4.78 is 46.7. The van der Waals surface area contributed by atoms with Crippen molar-refractivity contribution < 1.29 is 17.2 Å². The van der Waals surface area contributed by atoms with Gasteiger partial charge in [0.2, 0.25) is 0 Å². The van der Waals surface area contributed by atoms with Crippen LogP contribution in [0.1, 0.15) is 12.6 Å². The molecule has 1 heterocycles. The van der Waals surface area contributed by atoms with Crippen molar-refractivity contribution in [2.75, 3.05) is 0 Å². The first kappa shape index (κ1) is 11.3. The van der Waals surface area contributed by atoms with E-state index in [9.17, 15) is 17.2 Å². The smallest absolute Gasteiger partial charge is 0.254 e. The lowest BCUT2D eigenvalue weighted by Crippen LogP contribution is -2.09. The van der Waals surface area contributed by atoms with Gasteiger partial charge in [-0.3, -0.25) is 4.98 Å². The number of halogens is 3. The van der Waals surface area contributed by atoms with E-state index in [1.807, 2.05) is 0 Å². The molecule has 0 spiro atoms. The molecule has 14 heavy (non-hydrogen) atoms. The molecule has 0 aromatic carbocycles. The van der Waals surface area contributed by atoms with Gasteiger partial charge in [-0.1, -0.05) is 0 Å². The van der Waals surface area contributed by atoms with Gasteiger partial charge in [-0.25, -0.2) is 8.42 Å². The molecule has 7 heteroatoms. The molecule has 0 unspecified atom stereocenters. The molecule has 78 valence electrons. The number of nitrogens with zero attached hydrogens (tertiary/aromatic N) is 1. The van der Waals surface area contributed by atoms with Crippen LogP contribution in [0.5, 0.6) is 0 Å². The van der Waals surface area contributed by atoms with Crippen molar-refractivity contribution in [2.24, 2.45) is 0 Å². The highest BCUT2D eigenvalue weighted by atomic mass is 35.7. The minimum atomic E-state index is -3.90. The minimum Gasteiger partial charge on any atom is -0.254 e.